The minimum absolute atomic E-state index is 0.0314. The Labute approximate surface area is 110 Å². The molecule has 0 heterocycles. The Hall–Kier alpha value is -1.52. The Morgan fingerprint density at radius 3 is 2.68 bits per heavy atom. The SMILES string of the molecule is FC(F)(F)c1cccc(CO/N=[C]\C2CCCC2)c1. The number of halogens is 3. The van der Waals surface area contributed by atoms with Crippen LogP contribution in [0.15, 0.2) is 29.4 Å². The highest BCUT2D eigenvalue weighted by molar-refractivity contribution is 5.60. The highest BCUT2D eigenvalue weighted by Gasteiger charge is 2.30. The topological polar surface area (TPSA) is 21.6 Å². The highest BCUT2D eigenvalue weighted by atomic mass is 19.4. The molecule has 2 rings (SSSR count). The fraction of sp³-hybridized carbons (Fsp3) is 0.500. The molecular weight excluding hydrogens is 255 g/mol. The molecule has 1 aliphatic rings. The van der Waals surface area contributed by atoms with Crippen LogP contribution in [0.4, 0.5) is 13.2 Å². The molecule has 0 aromatic heterocycles. The molecule has 1 aromatic rings. The lowest BCUT2D eigenvalue weighted by molar-refractivity contribution is -0.137. The van der Waals surface area contributed by atoms with Crippen LogP contribution in [-0.4, -0.2) is 6.21 Å². The second kappa shape index (κ2) is 6.08. The lowest BCUT2D eigenvalue weighted by Gasteiger charge is -2.08. The molecule has 0 N–H and O–H groups in total. The average molecular weight is 270 g/mol. The number of hydrogen-bond donors (Lipinski definition) is 0. The van der Waals surface area contributed by atoms with Crippen molar-refractivity contribution in [2.45, 2.75) is 38.5 Å². The lowest BCUT2D eigenvalue weighted by Crippen LogP contribution is -2.05. The Kier molecular flexibility index (Phi) is 4.45. The molecule has 1 saturated carbocycles. The van der Waals surface area contributed by atoms with E-state index in [9.17, 15) is 13.2 Å². The molecule has 19 heavy (non-hydrogen) atoms. The van der Waals surface area contributed by atoms with Gasteiger partial charge in [0, 0.05) is 5.92 Å². The van der Waals surface area contributed by atoms with E-state index in [1.54, 1.807) is 6.07 Å². The Balaban J connectivity index is 1.85. The van der Waals surface area contributed by atoms with E-state index in [0.717, 1.165) is 25.0 Å². The van der Waals surface area contributed by atoms with Crippen molar-refractivity contribution >= 4 is 6.21 Å². The number of nitrogens with zero attached hydrogens (tertiary/aromatic N) is 1. The monoisotopic (exact) mass is 270 g/mol. The van der Waals surface area contributed by atoms with Crippen LogP contribution in [0, 0.1) is 5.92 Å². The van der Waals surface area contributed by atoms with Gasteiger partial charge in [-0.25, -0.2) is 0 Å². The van der Waals surface area contributed by atoms with Gasteiger partial charge in [0.15, 0.2) is 0 Å². The molecule has 0 atom stereocenters. The van der Waals surface area contributed by atoms with Gasteiger partial charge in [0.05, 0.1) is 5.56 Å². The van der Waals surface area contributed by atoms with Gasteiger partial charge in [-0.2, -0.15) is 13.2 Å². The maximum Gasteiger partial charge on any atom is 0.416 e. The van der Waals surface area contributed by atoms with Gasteiger partial charge >= 0.3 is 6.18 Å². The summed E-state index contributed by atoms with van der Waals surface area (Å²) in [5.74, 6) is 0.335. The normalized spacial score (nSPS) is 17.2. The van der Waals surface area contributed by atoms with E-state index < -0.39 is 11.7 Å². The van der Waals surface area contributed by atoms with E-state index >= 15 is 0 Å². The van der Waals surface area contributed by atoms with Gasteiger partial charge in [0.25, 0.3) is 0 Å². The maximum absolute atomic E-state index is 12.5. The standard InChI is InChI=1S/C14H15F3NO/c15-14(16,17)13-7-3-6-12(8-13)10-19-18-9-11-4-1-2-5-11/h3,6-8,11H,1-2,4-5,10H2. The lowest BCUT2D eigenvalue weighted by atomic mass is 10.1. The third kappa shape index (κ3) is 4.26. The van der Waals surface area contributed by atoms with E-state index in [1.807, 2.05) is 0 Å². The number of alkyl halides is 3. The largest absolute Gasteiger partial charge is 0.416 e. The van der Waals surface area contributed by atoms with Crippen LogP contribution in [0.1, 0.15) is 36.8 Å². The molecule has 0 amide bonds. The van der Waals surface area contributed by atoms with Crippen molar-refractivity contribution in [1.29, 1.82) is 0 Å². The third-order valence-corrected chi connectivity index (χ3v) is 3.14. The van der Waals surface area contributed by atoms with Gasteiger partial charge in [0.2, 0.25) is 0 Å². The van der Waals surface area contributed by atoms with Crippen LogP contribution in [0.5, 0.6) is 0 Å². The number of hydrogen-bond acceptors (Lipinski definition) is 2. The summed E-state index contributed by atoms with van der Waals surface area (Å²) in [6, 6.07) is 5.06. The van der Waals surface area contributed by atoms with Crippen molar-refractivity contribution < 1.29 is 18.0 Å². The van der Waals surface area contributed by atoms with Gasteiger partial charge in [0.1, 0.15) is 12.8 Å². The van der Waals surface area contributed by atoms with Crippen molar-refractivity contribution in [2.75, 3.05) is 0 Å². The average Bonchev–Trinajstić information content (AvgIpc) is 2.87. The molecule has 1 radical (unpaired) electrons. The molecule has 103 valence electrons. The quantitative estimate of drug-likeness (QED) is 0.591. The Morgan fingerprint density at radius 2 is 2.00 bits per heavy atom. The summed E-state index contributed by atoms with van der Waals surface area (Å²) in [5.41, 5.74) is -0.218. The van der Waals surface area contributed by atoms with Gasteiger partial charge in [-0.15, -0.1) is 0 Å². The first-order valence-corrected chi connectivity index (χ1v) is 6.29. The Morgan fingerprint density at radius 1 is 1.26 bits per heavy atom. The van der Waals surface area contributed by atoms with E-state index in [4.69, 9.17) is 4.84 Å². The fourth-order valence-corrected chi connectivity index (χ4v) is 2.11. The van der Waals surface area contributed by atoms with Crippen LogP contribution in [0.25, 0.3) is 0 Å². The van der Waals surface area contributed by atoms with Crippen LogP contribution in [-0.2, 0) is 17.6 Å². The second-order valence-corrected chi connectivity index (χ2v) is 4.67. The van der Waals surface area contributed by atoms with Crippen molar-refractivity contribution in [3.8, 4) is 0 Å². The predicted molar refractivity (Wildman–Crippen MR) is 65.6 cm³/mol. The summed E-state index contributed by atoms with van der Waals surface area (Å²) in [6.45, 7) is 0.0314. The fourth-order valence-electron chi connectivity index (χ4n) is 2.11. The summed E-state index contributed by atoms with van der Waals surface area (Å²) in [7, 11) is 0. The van der Waals surface area contributed by atoms with E-state index in [0.29, 0.717) is 11.5 Å². The summed E-state index contributed by atoms with van der Waals surface area (Å²) in [5, 5.41) is 3.71. The number of rotatable bonds is 4. The minimum Gasteiger partial charge on any atom is -0.391 e. The van der Waals surface area contributed by atoms with Gasteiger partial charge in [-0.05, 0) is 30.5 Å². The first kappa shape index (κ1) is 13.9. The minimum atomic E-state index is -4.32. The zero-order valence-corrected chi connectivity index (χ0v) is 10.4. The molecule has 0 spiro atoms. The summed E-state index contributed by atoms with van der Waals surface area (Å²) >= 11 is 0. The molecule has 0 unspecified atom stereocenters. The van der Waals surface area contributed by atoms with Crippen LogP contribution < -0.4 is 0 Å². The number of benzene rings is 1. The van der Waals surface area contributed by atoms with Crippen LogP contribution in [0.2, 0.25) is 0 Å². The van der Waals surface area contributed by atoms with E-state index in [2.05, 4.69) is 11.4 Å². The zero-order chi connectivity index (χ0) is 13.7. The third-order valence-electron chi connectivity index (χ3n) is 3.14. The summed E-state index contributed by atoms with van der Waals surface area (Å²) in [6.07, 6.45) is 3.05. The smallest absolute Gasteiger partial charge is 0.391 e. The molecule has 5 heteroatoms. The van der Waals surface area contributed by atoms with Crippen LogP contribution in [0.3, 0.4) is 0 Å². The van der Waals surface area contributed by atoms with Crippen LogP contribution >= 0.6 is 0 Å². The van der Waals surface area contributed by atoms with Crippen molar-refractivity contribution in [3.05, 3.63) is 35.4 Å². The molecule has 1 aliphatic carbocycles. The van der Waals surface area contributed by atoms with Gasteiger partial charge in [-0.1, -0.05) is 30.1 Å². The van der Waals surface area contributed by atoms with Crippen molar-refractivity contribution in [2.24, 2.45) is 11.1 Å². The first-order valence-electron chi connectivity index (χ1n) is 6.29. The zero-order valence-electron chi connectivity index (χ0n) is 10.4. The molecule has 1 aromatic carbocycles. The van der Waals surface area contributed by atoms with Gasteiger partial charge < -0.3 is 4.84 Å². The molecular formula is C14H15F3NO. The molecule has 1 fully saturated rings. The Bertz CT molecular complexity index is 437. The molecule has 0 saturated heterocycles. The summed E-state index contributed by atoms with van der Waals surface area (Å²) < 4.78 is 37.5. The molecule has 0 bridgehead atoms. The summed E-state index contributed by atoms with van der Waals surface area (Å²) in [4.78, 5) is 5.00. The van der Waals surface area contributed by atoms with Gasteiger partial charge in [-0.3, -0.25) is 0 Å². The maximum atomic E-state index is 12.5. The second-order valence-electron chi connectivity index (χ2n) is 4.67. The first-order chi connectivity index (χ1) is 9.05. The predicted octanol–water partition coefficient (Wildman–Crippen LogP) is 4.28. The van der Waals surface area contributed by atoms with Crippen molar-refractivity contribution in [1.82, 2.24) is 0 Å². The molecule has 0 aliphatic heterocycles. The van der Waals surface area contributed by atoms with E-state index in [1.165, 1.54) is 18.9 Å². The highest BCUT2D eigenvalue weighted by Crippen LogP contribution is 2.29. The molecule has 2 nitrogen and oxygen atoms in total. The van der Waals surface area contributed by atoms with E-state index in [-0.39, 0.29) is 6.61 Å². The van der Waals surface area contributed by atoms with Crippen molar-refractivity contribution in [3.63, 3.8) is 0 Å².